The summed E-state index contributed by atoms with van der Waals surface area (Å²) in [5.74, 6) is 0.466. The van der Waals surface area contributed by atoms with E-state index in [0.29, 0.717) is 29.5 Å². The van der Waals surface area contributed by atoms with E-state index in [1.54, 1.807) is 25.1 Å². The maximum Gasteiger partial charge on any atom is 0.260 e. The molecule has 0 saturated carbocycles. The average molecular weight is 284 g/mol. The lowest BCUT2D eigenvalue weighted by atomic mass is 10.2. The van der Waals surface area contributed by atoms with Gasteiger partial charge < -0.3 is 10.1 Å². The number of ether oxygens (including phenoxy) is 1. The Morgan fingerprint density at radius 2 is 2.11 bits per heavy atom. The molecule has 19 heavy (non-hydrogen) atoms. The molecule has 5 heteroatoms. The SMILES string of the molecule is CC(C)CNC(=O)C(C)Oc1cccc(Cl)c1C=O. The number of nitrogens with one attached hydrogen (secondary N) is 1. The molecule has 104 valence electrons. The van der Waals surface area contributed by atoms with Crippen molar-refractivity contribution in [3.63, 3.8) is 0 Å². The second-order valence-electron chi connectivity index (χ2n) is 4.67. The van der Waals surface area contributed by atoms with Gasteiger partial charge in [-0.25, -0.2) is 0 Å². The lowest BCUT2D eigenvalue weighted by molar-refractivity contribution is -0.127. The van der Waals surface area contributed by atoms with Crippen LogP contribution in [0.5, 0.6) is 5.75 Å². The molecule has 0 fully saturated rings. The number of rotatable bonds is 6. The van der Waals surface area contributed by atoms with E-state index in [2.05, 4.69) is 5.32 Å². The third kappa shape index (κ3) is 4.56. The van der Waals surface area contributed by atoms with Gasteiger partial charge in [0.25, 0.3) is 5.91 Å². The predicted octanol–water partition coefficient (Wildman–Crippen LogP) is 2.69. The monoisotopic (exact) mass is 283 g/mol. The minimum Gasteiger partial charge on any atom is -0.480 e. The molecule has 1 atom stereocenters. The molecule has 0 bridgehead atoms. The lowest BCUT2D eigenvalue weighted by Crippen LogP contribution is -2.38. The molecule has 0 aliphatic heterocycles. The van der Waals surface area contributed by atoms with E-state index in [1.165, 1.54) is 0 Å². The molecule has 4 nitrogen and oxygen atoms in total. The Labute approximate surface area is 118 Å². The quantitative estimate of drug-likeness (QED) is 0.817. The first-order chi connectivity index (χ1) is 8.95. The van der Waals surface area contributed by atoms with Gasteiger partial charge in [0.05, 0.1) is 10.6 Å². The van der Waals surface area contributed by atoms with Gasteiger partial charge in [0, 0.05) is 6.54 Å². The first-order valence-corrected chi connectivity index (χ1v) is 6.51. The van der Waals surface area contributed by atoms with E-state index in [9.17, 15) is 9.59 Å². The molecule has 0 aliphatic rings. The van der Waals surface area contributed by atoms with E-state index < -0.39 is 6.10 Å². The van der Waals surface area contributed by atoms with Gasteiger partial charge in [-0.2, -0.15) is 0 Å². The molecule has 0 aromatic heterocycles. The summed E-state index contributed by atoms with van der Waals surface area (Å²) >= 11 is 5.88. The summed E-state index contributed by atoms with van der Waals surface area (Å²) in [5, 5.41) is 3.08. The van der Waals surface area contributed by atoms with Gasteiger partial charge in [-0.1, -0.05) is 31.5 Å². The van der Waals surface area contributed by atoms with Crippen LogP contribution in [-0.2, 0) is 4.79 Å². The average Bonchev–Trinajstić information content (AvgIpc) is 2.36. The molecule has 1 rings (SSSR count). The van der Waals surface area contributed by atoms with Crippen molar-refractivity contribution in [2.75, 3.05) is 6.54 Å². The third-order valence-corrected chi connectivity index (χ3v) is 2.82. The fraction of sp³-hybridized carbons (Fsp3) is 0.429. The number of carbonyl (C=O) groups excluding carboxylic acids is 2. The van der Waals surface area contributed by atoms with Crippen molar-refractivity contribution in [2.24, 2.45) is 5.92 Å². The summed E-state index contributed by atoms with van der Waals surface area (Å²) in [4.78, 5) is 22.7. The highest BCUT2D eigenvalue weighted by Crippen LogP contribution is 2.25. The molecular formula is C14H18ClNO3. The zero-order valence-electron chi connectivity index (χ0n) is 11.3. The summed E-state index contributed by atoms with van der Waals surface area (Å²) < 4.78 is 5.48. The molecule has 0 spiro atoms. The van der Waals surface area contributed by atoms with Crippen molar-refractivity contribution in [1.29, 1.82) is 0 Å². The highest BCUT2D eigenvalue weighted by molar-refractivity contribution is 6.33. The van der Waals surface area contributed by atoms with Crippen LogP contribution < -0.4 is 10.1 Å². The zero-order valence-corrected chi connectivity index (χ0v) is 12.0. The van der Waals surface area contributed by atoms with Gasteiger partial charge in [-0.3, -0.25) is 9.59 Å². The van der Waals surface area contributed by atoms with Crippen LogP contribution >= 0.6 is 11.6 Å². The van der Waals surface area contributed by atoms with Crippen LogP contribution in [0.3, 0.4) is 0 Å². The Bertz CT molecular complexity index is 460. The Kier molecular flexibility index (Phi) is 5.83. The minimum absolute atomic E-state index is 0.217. The van der Waals surface area contributed by atoms with Gasteiger partial charge in [-0.15, -0.1) is 0 Å². The van der Waals surface area contributed by atoms with E-state index in [-0.39, 0.29) is 11.5 Å². The molecule has 1 aromatic rings. The van der Waals surface area contributed by atoms with E-state index in [0.717, 1.165) is 0 Å². The predicted molar refractivity (Wildman–Crippen MR) is 74.8 cm³/mol. The molecular weight excluding hydrogens is 266 g/mol. The Morgan fingerprint density at radius 1 is 1.42 bits per heavy atom. The largest absolute Gasteiger partial charge is 0.480 e. The number of benzene rings is 1. The first-order valence-electron chi connectivity index (χ1n) is 6.13. The molecule has 0 radical (unpaired) electrons. The first kappa shape index (κ1) is 15.5. The minimum atomic E-state index is -0.684. The van der Waals surface area contributed by atoms with Crippen LogP contribution in [0.4, 0.5) is 0 Å². The Hall–Kier alpha value is -1.55. The van der Waals surface area contributed by atoms with Gasteiger partial charge >= 0.3 is 0 Å². The summed E-state index contributed by atoms with van der Waals surface area (Å²) in [6.07, 6.45) is -0.0629. The summed E-state index contributed by atoms with van der Waals surface area (Å²) in [6, 6.07) is 4.88. The lowest BCUT2D eigenvalue weighted by Gasteiger charge is -2.17. The van der Waals surface area contributed by atoms with Crippen LogP contribution in [0.1, 0.15) is 31.1 Å². The van der Waals surface area contributed by atoms with E-state index >= 15 is 0 Å². The molecule has 0 heterocycles. The number of halogens is 1. The van der Waals surface area contributed by atoms with E-state index in [4.69, 9.17) is 16.3 Å². The fourth-order valence-electron chi connectivity index (χ4n) is 1.43. The van der Waals surface area contributed by atoms with Crippen LogP contribution in [0, 0.1) is 5.92 Å². The number of carbonyl (C=O) groups is 2. The normalized spacial score (nSPS) is 12.1. The Balaban J connectivity index is 2.71. The highest BCUT2D eigenvalue weighted by atomic mass is 35.5. The van der Waals surface area contributed by atoms with Crippen molar-refractivity contribution >= 4 is 23.8 Å². The second kappa shape index (κ2) is 7.14. The van der Waals surface area contributed by atoms with Crippen molar-refractivity contribution in [3.05, 3.63) is 28.8 Å². The molecule has 1 unspecified atom stereocenters. The van der Waals surface area contributed by atoms with Gasteiger partial charge in [0.2, 0.25) is 0 Å². The molecule has 1 amide bonds. The molecule has 0 saturated heterocycles. The second-order valence-corrected chi connectivity index (χ2v) is 5.08. The van der Waals surface area contributed by atoms with Gasteiger partial charge in [0.1, 0.15) is 5.75 Å². The molecule has 1 N–H and O–H groups in total. The van der Waals surface area contributed by atoms with Crippen molar-refractivity contribution < 1.29 is 14.3 Å². The summed E-state index contributed by atoms with van der Waals surface area (Å²) in [5.41, 5.74) is 0.257. The molecule has 0 aliphatic carbocycles. The summed E-state index contributed by atoms with van der Waals surface area (Å²) in [6.45, 7) is 6.23. The number of aldehydes is 1. The number of amides is 1. The third-order valence-electron chi connectivity index (χ3n) is 2.49. The highest BCUT2D eigenvalue weighted by Gasteiger charge is 2.17. The topological polar surface area (TPSA) is 55.4 Å². The van der Waals surface area contributed by atoms with Crippen molar-refractivity contribution in [2.45, 2.75) is 26.9 Å². The van der Waals surface area contributed by atoms with Crippen molar-refractivity contribution in [1.82, 2.24) is 5.32 Å². The van der Waals surface area contributed by atoms with Crippen LogP contribution in [0.25, 0.3) is 0 Å². The summed E-state index contributed by atoms with van der Waals surface area (Å²) in [7, 11) is 0. The maximum absolute atomic E-state index is 11.8. The fourth-order valence-corrected chi connectivity index (χ4v) is 1.64. The standard InChI is InChI=1S/C14H18ClNO3/c1-9(2)7-16-14(18)10(3)19-13-6-4-5-12(15)11(13)8-17/h4-6,8-10H,7H2,1-3H3,(H,16,18). The van der Waals surface area contributed by atoms with Gasteiger partial charge in [-0.05, 0) is 25.0 Å². The number of hydrogen-bond donors (Lipinski definition) is 1. The van der Waals surface area contributed by atoms with Crippen LogP contribution in [0.15, 0.2) is 18.2 Å². The van der Waals surface area contributed by atoms with Crippen molar-refractivity contribution in [3.8, 4) is 5.75 Å². The van der Waals surface area contributed by atoms with E-state index in [1.807, 2.05) is 13.8 Å². The number of hydrogen-bond acceptors (Lipinski definition) is 3. The maximum atomic E-state index is 11.8. The smallest absolute Gasteiger partial charge is 0.260 e. The van der Waals surface area contributed by atoms with Gasteiger partial charge in [0.15, 0.2) is 12.4 Å². The molecule has 1 aromatic carbocycles. The Morgan fingerprint density at radius 3 is 2.68 bits per heavy atom. The van der Waals surface area contributed by atoms with Crippen LogP contribution in [0.2, 0.25) is 5.02 Å². The van der Waals surface area contributed by atoms with Crippen LogP contribution in [-0.4, -0.2) is 24.8 Å². The zero-order chi connectivity index (χ0) is 14.4.